The molecule has 0 spiro atoms. The zero-order valence-corrected chi connectivity index (χ0v) is 17.7. The Morgan fingerprint density at radius 2 is 1.12 bits per heavy atom. The number of para-hydroxylation sites is 4. The van der Waals surface area contributed by atoms with E-state index in [-0.39, 0.29) is 34.0 Å². The Morgan fingerprint density at radius 1 is 0.750 bits per heavy atom. The molecule has 0 amide bonds. The van der Waals surface area contributed by atoms with Gasteiger partial charge in [0.2, 0.25) is 0 Å². The van der Waals surface area contributed by atoms with Crippen molar-refractivity contribution in [2.45, 2.75) is 13.8 Å². The first-order chi connectivity index (χ1) is 10.7. The minimum absolute atomic E-state index is 0. The standard InChI is InChI=1S/2C8H7N2.CH2.2BrH.Ni/c2*1-6-9-7-4-2-3-5-8(7)10-6;;;;/h2*2-5H,1H3;1H2;2*1H;/q2*-1;;;;+2. The van der Waals surface area contributed by atoms with Crippen LogP contribution in [0.1, 0.15) is 11.6 Å². The number of halogens is 2. The summed E-state index contributed by atoms with van der Waals surface area (Å²) in [6.07, 6.45) is 0. The Balaban J connectivity index is 0.00000104. The van der Waals surface area contributed by atoms with Crippen molar-refractivity contribution in [1.29, 1.82) is 0 Å². The van der Waals surface area contributed by atoms with Crippen LogP contribution in [0.25, 0.3) is 22.1 Å². The van der Waals surface area contributed by atoms with Gasteiger partial charge in [-0.25, -0.2) is 0 Å². The molecular weight excluding hydrogens is 479 g/mol. The summed E-state index contributed by atoms with van der Waals surface area (Å²) in [5, 5.41) is 0. The Hall–Kier alpha value is -1.30. The van der Waals surface area contributed by atoms with Crippen LogP contribution in [0.2, 0.25) is 0 Å². The fourth-order valence-electron chi connectivity index (χ4n) is 2.68. The van der Waals surface area contributed by atoms with Crippen LogP contribution in [0.5, 0.6) is 0 Å². The molecule has 7 heteroatoms. The summed E-state index contributed by atoms with van der Waals surface area (Å²) in [7, 11) is 0. The Labute approximate surface area is 165 Å². The molecule has 2 aromatic heterocycles. The van der Waals surface area contributed by atoms with E-state index in [2.05, 4.69) is 34.9 Å². The van der Waals surface area contributed by atoms with Gasteiger partial charge in [0.25, 0.3) is 0 Å². The van der Waals surface area contributed by atoms with Crippen molar-refractivity contribution < 1.29 is 13.4 Å². The number of hydrogen-bond donors (Lipinski definition) is 0. The Morgan fingerprint density at radius 3 is 1.54 bits per heavy atom. The molecule has 0 saturated heterocycles. The predicted molar refractivity (Wildman–Crippen MR) is 108 cm³/mol. The molecule has 0 fully saturated rings. The zero-order valence-electron chi connectivity index (χ0n) is 13.2. The maximum atomic E-state index is 4.65. The molecule has 0 radical (unpaired) electrons. The number of nitrogens with zero attached hydrogens (tertiary/aromatic N) is 4. The molecule has 4 nitrogen and oxygen atoms in total. The van der Waals surface area contributed by atoms with Gasteiger partial charge in [-0.15, -0.1) is 34.0 Å². The summed E-state index contributed by atoms with van der Waals surface area (Å²) in [6, 6.07) is 16.4. The Bertz CT molecular complexity index is 954. The van der Waals surface area contributed by atoms with Crippen LogP contribution in [-0.2, 0) is 13.4 Å². The van der Waals surface area contributed by atoms with Gasteiger partial charge in [-0.05, 0) is 0 Å². The molecule has 0 atom stereocenters. The first-order valence-electron chi connectivity index (χ1n) is 6.95. The molecule has 0 unspecified atom stereocenters. The van der Waals surface area contributed by atoms with E-state index in [0.717, 1.165) is 33.7 Å². The van der Waals surface area contributed by atoms with Gasteiger partial charge in [-0.2, -0.15) is 0 Å². The molecule has 4 aromatic rings. The first-order valence-corrected chi connectivity index (χ1v) is 8.53. The monoisotopic (exact) mass is 494 g/mol. The zero-order chi connectivity index (χ0) is 15.3. The number of aryl methyl sites for hydroxylation is 2. The molecule has 2 heterocycles. The van der Waals surface area contributed by atoms with E-state index in [1.165, 1.54) is 0 Å². The second-order valence-electron chi connectivity index (χ2n) is 5.07. The molecule has 0 N–H and O–H groups in total. The minimum atomic E-state index is -0.610. The summed E-state index contributed by atoms with van der Waals surface area (Å²) in [4.78, 5) is 9.31. The average Bonchev–Trinajstić information content (AvgIpc) is 3.01. The summed E-state index contributed by atoms with van der Waals surface area (Å²) >= 11 is -0.610. The van der Waals surface area contributed by atoms with Crippen LogP contribution in [0.4, 0.5) is 0 Å². The van der Waals surface area contributed by atoms with E-state index in [1.807, 2.05) is 50.2 Å². The molecule has 0 aliphatic carbocycles. The number of aromatic nitrogens is 4. The number of hydrogen-bond acceptors (Lipinski definition) is 2. The van der Waals surface area contributed by atoms with E-state index in [0.29, 0.717) is 0 Å². The van der Waals surface area contributed by atoms with Crippen LogP contribution in [0, 0.1) is 13.8 Å². The molecule has 24 heavy (non-hydrogen) atoms. The number of benzene rings is 2. The number of imidazole rings is 2. The quantitative estimate of drug-likeness (QED) is 0.385. The van der Waals surface area contributed by atoms with Crippen LogP contribution in [-0.4, -0.2) is 22.8 Å². The van der Waals surface area contributed by atoms with Gasteiger partial charge in [0.15, 0.2) is 0 Å². The van der Waals surface area contributed by atoms with Gasteiger partial charge < -0.3 is 0 Å². The normalized spacial score (nSPS) is 11.2. The fourth-order valence-corrected chi connectivity index (χ4v) is 4.64. The van der Waals surface area contributed by atoms with Crippen molar-refractivity contribution >= 4 is 61.5 Å². The van der Waals surface area contributed by atoms with Crippen molar-refractivity contribution in [3.8, 4) is 0 Å². The van der Waals surface area contributed by atoms with Crippen LogP contribution >= 0.6 is 34.0 Å². The topological polar surface area (TPSA) is 35.6 Å². The summed E-state index contributed by atoms with van der Waals surface area (Å²) < 4.78 is 4.41. The van der Waals surface area contributed by atoms with Gasteiger partial charge in [-0.3, -0.25) is 0 Å². The van der Waals surface area contributed by atoms with Gasteiger partial charge >= 0.3 is 132 Å². The van der Waals surface area contributed by atoms with Crippen molar-refractivity contribution in [2.75, 3.05) is 0 Å². The number of fused-ring (bicyclic) bond motifs is 2. The maximum absolute atomic E-state index is 4.65. The second kappa shape index (κ2) is 7.30. The van der Waals surface area contributed by atoms with Crippen molar-refractivity contribution in [1.82, 2.24) is 17.3 Å². The molecule has 0 aliphatic heterocycles. The molecule has 0 saturated carbocycles. The van der Waals surface area contributed by atoms with E-state index in [4.69, 9.17) is 0 Å². The van der Waals surface area contributed by atoms with E-state index < -0.39 is 13.4 Å². The SMILES string of the molecule is Br.Br.[CH2]=[Ni]([n]1c(C)nc2ccccc21)[n]1c(C)nc2ccccc21. The predicted octanol–water partition coefficient (Wildman–Crippen LogP) is 4.44. The van der Waals surface area contributed by atoms with Crippen molar-refractivity contribution in [3.63, 3.8) is 0 Å². The van der Waals surface area contributed by atoms with E-state index in [9.17, 15) is 0 Å². The molecular formula is C17H18Br2N4Ni. The molecule has 4 rings (SSSR count). The number of rotatable bonds is 2. The van der Waals surface area contributed by atoms with Gasteiger partial charge in [0.05, 0.1) is 0 Å². The average molecular weight is 497 g/mol. The van der Waals surface area contributed by atoms with Gasteiger partial charge in [-0.1, -0.05) is 0 Å². The Kier molecular flexibility index (Phi) is 5.79. The summed E-state index contributed by atoms with van der Waals surface area (Å²) in [5.74, 6) is 1.95. The van der Waals surface area contributed by atoms with Crippen molar-refractivity contribution in [3.05, 3.63) is 60.2 Å². The molecule has 0 aliphatic rings. The molecule has 2 aromatic carbocycles. The van der Waals surface area contributed by atoms with Crippen molar-refractivity contribution in [2.24, 2.45) is 0 Å². The van der Waals surface area contributed by atoms with E-state index >= 15 is 0 Å². The first kappa shape index (κ1) is 19.0. The van der Waals surface area contributed by atoms with Crippen LogP contribution in [0.15, 0.2) is 48.5 Å². The molecule has 130 valence electrons. The van der Waals surface area contributed by atoms with Gasteiger partial charge in [0, 0.05) is 0 Å². The third-order valence-corrected chi connectivity index (χ3v) is 5.71. The van der Waals surface area contributed by atoms with E-state index in [1.54, 1.807) is 0 Å². The summed E-state index contributed by atoms with van der Waals surface area (Å²) in [6.45, 7) is 4.06. The third kappa shape index (κ3) is 2.89. The van der Waals surface area contributed by atoms with Gasteiger partial charge in [0.1, 0.15) is 0 Å². The molecule has 0 bridgehead atoms. The third-order valence-electron chi connectivity index (χ3n) is 3.58. The second-order valence-corrected chi connectivity index (χ2v) is 6.77. The fraction of sp³-hybridized carbons (Fsp3) is 0.118. The van der Waals surface area contributed by atoms with Crippen LogP contribution < -0.4 is 0 Å². The summed E-state index contributed by atoms with van der Waals surface area (Å²) in [5.41, 5.74) is 8.67. The van der Waals surface area contributed by atoms with Crippen LogP contribution in [0.3, 0.4) is 0 Å².